The number of rotatable bonds is 4. The number of nitrogen functional groups attached to an aromatic ring is 2. The Hall–Kier alpha value is -1.96. The van der Waals surface area contributed by atoms with Gasteiger partial charge in [-0.3, -0.25) is 0 Å². The molecule has 2 heteroatoms. The third kappa shape index (κ3) is 3.27. The Balaban J connectivity index is 1.80. The van der Waals surface area contributed by atoms with E-state index in [9.17, 15) is 0 Å². The van der Waals surface area contributed by atoms with Gasteiger partial charge in [-0.2, -0.15) is 0 Å². The molecule has 2 saturated carbocycles. The van der Waals surface area contributed by atoms with Gasteiger partial charge in [-0.25, -0.2) is 0 Å². The second-order valence-electron chi connectivity index (χ2n) is 7.99. The van der Waals surface area contributed by atoms with E-state index in [0.717, 1.165) is 17.8 Å². The van der Waals surface area contributed by atoms with Crippen LogP contribution in [0.25, 0.3) is 0 Å². The van der Waals surface area contributed by atoms with Crippen molar-refractivity contribution in [3.8, 4) is 0 Å². The minimum atomic E-state index is 0.562. The fourth-order valence-corrected chi connectivity index (χ4v) is 5.07. The van der Waals surface area contributed by atoms with Gasteiger partial charge in [0.05, 0.1) is 0 Å². The van der Waals surface area contributed by atoms with E-state index >= 15 is 0 Å². The van der Waals surface area contributed by atoms with Crippen LogP contribution in [0.3, 0.4) is 0 Å². The van der Waals surface area contributed by atoms with Crippen molar-refractivity contribution in [3.63, 3.8) is 0 Å². The van der Waals surface area contributed by atoms with E-state index in [0.29, 0.717) is 11.8 Å². The minimum Gasteiger partial charge on any atom is -0.398 e. The molecule has 0 atom stereocenters. The molecule has 4 rings (SSSR count). The predicted molar refractivity (Wildman–Crippen MR) is 107 cm³/mol. The molecule has 2 fully saturated rings. The Morgan fingerprint density at radius 1 is 0.800 bits per heavy atom. The molecule has 0 aromatic heterocycles. The van der Waals surface area contributed by atoms with Crippen molar-refractivity contribution in [3.05, 3.63) is 58.7 Å². The summed E-state index contributed by atoms with van der Waals surface area (Å²) in [5.74, 6) is 1.20. The van der Waals surface area contributed by atoms with Crippen molar-refractivity contribution in [1.82, 2.24) is 0 Å². The van der Waals surface area contributed by atoms with Crippen LogP contribution in [0.1, 0.15) is 85.5 Å². The van der Waals surface area contributed by atoms with Gasteiger partial charge >= 0.3 is 0 Å². The first kappa shape index (κ1) is 16.5. The largest absolute Gasteiger partial charge is 0.398 e. The van der Waals surface area contributed by atoms with Gasteiger partial charge < -0.3 is 11.5 Å². The first-order chi connectivity index (χ1) is 12.2. The van der Waals surface area contributed by atoms with Crippen molar-refractivity contribution in [2.45, 2.75) is 69.6 Å². The predicted octanol–water partition coefficient (Wildman–Crippen LogP) is 5.76. The van der Waals surface area contributed by atoms with Gasteiger partial charge in [0.2, 0.25) is 0 Å². The third-order valence-corrected chi connectivity index (χ3v) is 6.37. The normalized spacial score (nSPS) is 18.9. The Morgan fingerprint density at radius 2 is 1.40 bits per heavy atom. The molecule has 0 saturated heterocycles. The SMILES string of the molecule is Nc1cc(C2CCCC2)c(Cc2ccccc2)c(N)c1C1CCCC1. The number of nitrogens with two attached hydrogens (primary N) is 2. The molecule has 2 aliphatic carbocycles. The Morgan fingerprint density at radius 3 is 2.04 bits per heavy atom. The van der Waals surface area contributed by atoms with Crippen LogP contribution < -0.4 is 11.5 Å². The highest BCUT2D eigenvalue weighted by atomic mass is 14.6. The van der Waals surface area contributed by atoms with Gasteiger partial charge in [-0.05, 0) is 66.7 Å². The quantitative estimate of drug-likeness (QED) is 0.699. The summed E-state index contributed by atoms with van der Waals surface area (Å²) in [5.41, 5.74) is 20.7. The number of benzene rings is 2. The molecule has 0 aliphatic heterocycles. The Bertz CT molecular complexity index is 724. The summed E-state index contributed by atoms with van der Waals surface area (Å²) in [6.07, 6.45) is 11.2. The van der Waals surface area contributed by atoms with Crippen molar-refractivity contribution >= 4 is 11.4 Å². The maximum atomic E-state index is 6.80. The highest BCUT2D eigenvalue weighted by Crippen LogP contribution is 2.46. The van der Waals surface area contributed by atoms with Crippen LogP contribution in [0.5, 0.6) is 0 Å². The molecule has 4 N–H and O–H groups in total. The lowest BCUT2D eigenvalue weighted by Crippen LogP contribution is -2.12. The molecule has 2 aliphatic rings. The Kier molecular flexibility index (Phi) is 4.70. The van der Waals surface area contributed by atoms with E-state index in [1.54, 1.807) is 0 Å². The number of hydrogen-bond acceptors (Lipinski definition) is 2. The zero-order chi connectivity index (χ0) is 17.2. The summed E-state index contributed by atoms with van der Waals surface area (Å²) >= 11 is 0. The van der Waals surface area contributed by atoms with Crippen LogP contribution in [0, 0.1) is 0 Å². The minimum absolute atomic E-state index is 0.562. The van der Waals surface area contributed by atoms with Crippen LogP contribution >= 0.6 is 0 Å². The highest BCUT2D eigenvalue weighted by molar-refractivity contribution is 5.71. The van der Waals surface area contributed by atoms with Crippen molar-refractivity contribution in [2.75, 3.05) is 11.5 Å². The standard InChI is InChI=1S/C23H30N2/c24-21-15-19(17-10-4-5-11-17)20(14-16-8-2-1-3-9-16)23(25)22(21)18-12-6-7-13-18/h1-3,8-9,15,17-18H,4-7,10-14,24-25H2. The average Bonchev–Trinajstić information content (AvgIpc) is 3.32. The van der Waals surface area contributed by atoms with Gasteiger partial charge in [0.1, 0.15) is 0 Å². The summed E-state index contributed by atoms with van der Waals surface area (Å²) in [4.78, 5) is 0. The molecule has 2 nitrogen and oxygen atoms in total. The molecule has 0 unspecified atom stereocenters. The lowest BCUT2D eigenvalue weighted by atomic mass is 9.83. The molecular formula is C23H30N2. The van der Waals surface area contributed by atoms with Crippen molar-refractivity contribution < 1.29 is 0 Å². The first-order valence-corrected chi connectivity index (χ1v) is 9.98. The molecule has 0 heterocycles. The molecule has 132 valence electrons. The van der Waals surface area contributed by atoms with Crippen LogP contribution in [0.15, 0.2) is 36.4 Å². The molecule has 0 amide bonds. The summed E-state index contributed by atoms with van der Waals surface area (Å²) in [6.45, 7) is 0. The molecule has 0 radical (unpaired) electrons. The van der Waals surface area contributed by atoms with Gasteiger partial charge in [0.15, 0.2) is 0 Å². The smallest absolute Gasteiger partial charge is 0.0409 e. The van der Waals surface area contributed by atoms with Crippen LogP contribution in [0.4, 0.5) is 11.4 Å². The highest BCUT2D eigenvalue weighted by Gasteiger charge is 2.28. The van der Waals surface area contributed by atoms with Gasteiger partial charge in [0, 0.05) is 16.9 Å². The van der Waals surface area contributed by atoms with Crippen LogP contribution in [0.2, 0.25) is 0 Å². The van der Waals surface area contributed by atoms with E-state index in [4.69, 9.17) is 11.5 Å². The second-order valence-corrected chi connectivity index (χ2v) is 7.99. The topological polar surface area (TPSA) is 52.0 Å². The average molecular weight is 335 g/mol. The summed E-state index contributed by atoms with van der Waals surface area (Å²) in [5, 5.41) is 0. The van der Waals surface area contributed by atoms with Gasteiger partial charge in [-0.1, -0.05) is 56.0 Å². The monoisotopic (exact) mass is 334 g/mol. The fourth-order valence-electron chi connectivity index (χ4n) is 5.07. The maximum Gasteiger partial charge on any atom is 0.0409 e. The lowest BCUT2D eigenvalue weighted by Gasteiger charge is -2.24. The molecular weight excluding hydrogens is 304 g/mol. The second kappa shape index (κ2) is 7.11. The van der Waals surface area contributed by atoms with Crippen molar-refractivity contribution in [1.29, 1.82) is 0 Å². The maximum absolute atomic E-state index is 6.80. The number of anilines is 2. The molecule has 25 heavy (non-hydrogen) atoms. The fraction of sp³-hybridized carbons (Fsp3) is 0.478. The third-order valence-electron chi connectivity index (χ3n) is 6.37. The van der Waals surface area contributed by atoms with Crippen LogP contribution in [-0.2, 0) is 6.42 Å². The number of hydrogen-bond donors (Lipinski definition) is 2. The first-order valence-electron chi connectivity index (χ1n) is 9.98. The Labute approximate surface area is 151 Å². The van der Waals surface area contributed by atoms with Crippen LogP contribution in [-0.4, -0.2) is 0 Å². The molecule has 2 aromatic rings. The van der Waals surface area contributed by atoms with E-state index in [1.165, 1.54) is 73.6 Å². The van der Waals surface area contributed by atoms with Gasteiger partial charge in [-0.15, -0.1) is 0 Å². The van der Waals surface area contributed by atoms with Gasteiger partial charge in [0.25, 0.3) is 0 Å². The lowest BCUT2D eigenvalue weighted by molar-refractivity contribution is 0.705. The van der Waals surface area contributed by atoms with E-state index in [2.05, 4.69) is 36.4 Å². The molecule has 2 aromatic carbocycles. The summed E-state index contributed by atoms with van der Waals surface area (Å²) in [6, 6.07) is 13.0. The zero-order valence-electron chi connectivity index (χ0n) is 15.1. The van der Waals surface area contributed by atoms with Crippen molar-refractivity contribution in [2.24, 2.45) is 0 Å². The summed E-state index contributed by atoms with van der Waals surface area (Å²) in [7, 11) is 0. The molecule has 0 spiro atoms. The zero-order valence-corrected chi connectivity index (χ0v) is 15.1. The summed E-state index contributed by atoms with van der Waals surface area (Å²) < 4.78 is 0. The van der Waals surface area contributed by atoms with E-state index in [-0.39, 0.29) is 0 Å². The molecule has 0 bridgehead atoms. The van der Waals surface area contributed by atoms with E-state index in [1.807, 2.05) is 0 Å². The van der Waals surface area contributed by atoms with E-state index < -0.39 is 0 Å².